The van der Waals surface area contributed by atoms with E-state index >= 15 is 0 Å². The topological polar surface area (TPSA) is 27.1 Å². The summed E-state index contributed by atoms with van der Waals surface area (Å²) in [4.78, 5) is 4.45. The Morgan fingerprint density at radius 2 is 2.05 bits per heavy atom. The zero-order valence-electron chi connectivity index (χ0n) is 12.5. The summed E-state index contributed by atoms with van der Waals surface area (Å²) in [5.74, 6) is 1.78. The Morgan fingerprint density at radius 1 is 1.19 bits per heavy atom. The Hall–Kier alpha value is -2.55. The minimum absolute atomic E-state index is 0.865. The summed E-state index contributed by atoms with van der Waals surface area (Å²) in [5.41, 5.74) is 3.56. The number of benzene rings is 1. The Morgan fingerprint density at radius 3 is 2.71 bits per heavy atom. The van der Waals surface area contributed by atoms with E-state index in [1.165, 1.54) is 16.5 Å². The van der Waals surface area contributed by atoms with E-state index in [0.717, 1.165) is 17.1 Å². The second-order valence-corrected chi connectivity index (χ2v) is 5.25. The molecule has 0 aliphatic rings. The first-order chi connectivity index (χ1) is 10.2. The van der Waals surface area contributed by atoms with Crippen LogP contribution in [-0.4, -0.2) is 16.7 Å². The minimum Gasteiger partial charge on any atom is -0.497 e. The summed E-state index contributed by atoms with van der Waals surface area (Å²) in [6.45, 7) is 4.20. The average Bonchev–Trinajstić information content (AvgIpc) is 2.85. The molecule has 0 N–H and O–H groups in total. The van der Waals surface area contributed by atoms with Gasteiger partial charge < -0.3 is 9.30 Å². The zero-order valence-corrected chi connectivity index (χ0v) is 12.5. The lowest BCUT2D eigenvalue weighted by Gasteiger charge is -2.04. The molecule has 0 saturated heterocycles. The molecule has 0 fully saturated rings. The maximum absolute atomic E-state index is 5.35. The molecular weight excluding hydrogens is 260 g/mol. The molecule has 0 amide bonds. The van der Waals surface area contributed by atoms with Crippen LogP contribution in [0.15, 0.2) is 54.4 Å². The predicted octanol–water partition coefficient (Wildman–Crippen LogP) is 4.46. The van der Waals surface area contributed by atoms with Crippen LogP contribution in [0.3, 0.4) is 0 Å². The van der Waals surface area contributed by atoms with E-state index in [-0.39, 0.29) is 0 Å². The zero-order chi connectivity index (χ0) is 14.8. The molecule has 21 heavy (non-hydrogen) atoms. The molecule has 2 heterocycles. The van der Waals surface area contributed by atoms with Gasteiger partial charge in [0.25, 0.3) is 0 Å². The van der Waals surface area contributed by atoms with Crippen molar-refractivity contribution in [2.45, 2.75) is 13.8 Å². The highest BCUT2D eigenvalue weighted by molar-refractivity contribution is 5.92. The van der Waals surface area contributed by atoms with Crippen molar-refractivity contribution >= 4 is 17.0 Å². The number of nitrogens with zero attached hydrogens (tertiary/aromatic N) is 2. The van der Waals surface area contributed by atoms with Crippen LogP contribution in [0.1, 0.15) is 19.4 Å². The Balaban J connectivity index is 2.29. The molecule has 3 aromatic rings. The Labute approximate surface area is 124 Å². The molecule has 0 unspecified atom stereocenters. The number of fused-ring (bicyclic) bond motifs is 1. The third-order valence-corrected chi connectivity index (χ3v) is 3.38. The van der Waals surface area contributed by atoms with Crippen LogP contribution in [0.25, 0.3) is 22.8 Å². The SMILES string of the molecule is COc1ccc2c(c1)c(C=C(C)C)cn2-c1ccccn1. The molecule has 0 atom stereocenters. The lowest BCUT2D eigenvalue weighted by molar-refractivity contribution is 0.415. The second-order valence-electron chi connectivity index (χ2n) is 5.25. The van der Waals surface area contributed by atoms with Gasteiger partial charge >= 0.3 is 0 Å². The smallest absolute Gasteiger partial charge is 0.137 e. The lowest BCUT2D eigenvalue weighted by Crippen LogP contribution is -1.94. The van der Waals surface area contributed by atoms with Crippen LogP contribution in [-0.2, 0) is 0 Å². The van der Waals surface area contributed by atoms with Crippen LogP contribution in [0.5, 0.6) is 5.75 Å². The van der Waals surface area contributed by atoms with E-state index in [1.54, 1.807) is 7.11 Å². The Kier molecular flexibility index (Phi) is 3.48. The van der Waals surface area contributed by atoms with Crippen LogP contribution < -0.4 is 4.74 Å². The molecule has 0 saturated carbocycles. The molecule has 0 bridgehead atoms. The molecule has 106 valence electrons. The second kappa shape index (κ2) is 5.44. The minimum atomic E-state index is 0.865. The van der Waals surface area contributed by atoms with E-state index in [4.69, 9.17) is 4.74 Å². The van der Waals surface area contributed by atoms with Crippen LogP contribution in [0.4, 0.5) is 0 Å². The molecule has 0 aliphatic carbocycles. The molecular formula is C18H18N2O. The summed E-state index contributed by atoms with van der Waals surface area (Å²) in [7, 11) is 1.69. The van der Waals surface area contributed by atoms with Gasteiger partial charge in [0.05, 0.1) is 12.6 Å². The van der Waals surface area contributed by atoms with Gasteiger partial charge in [-0.15, -0.1) is 0 Å². The summed E-state index contributed by atoms with van der Waals surface area (Å²) < 4.78 is 7.47. The highest BCUT2D eigenvalue weighted by Crippen LogP contribution is 2.29. The number of methoxy groups -OCH3 is 1. The first-order valence-electron chi connectivity index (χ1n) is 6.94. The molecule has 3 rings (SSSR count). The van der Waals surface area contributed by atoms with Gasteiger partial charge in [0, 0.05) is 23.3 Å². The van der Waals surface area contributed by atoms with Crippen molar-refractivity contribution in [2.75, 3.05) is 7.11 Å². The number of ether oxygens (including phenoxy) is 1. The molecule has 0 radical (unpaired) electrons. The first-order valence-corrected chi connectivity index (χ1v) is 6.94. The lowest BCUT2D eigenvalue weighted by atomic mass is 10.1. The normalized spacial score (nSPS) is 10.6. The summed E-state index contributed by atoms with van der Waals surface area (Å²) >= 11 is 0. The first kappa shape index (κ1) is 13.4. The largest absolute Gasteiger partial charge is 0.497 e. The number of rotatable bonds is 3. The van der Waals surface area contributed by atoms with E-state index in [9.17, 15) is 0 Å². The molecule has 1 aromatic carbocycles. The predicted molar refractivity (Wildman–Crippen MR) is 86.9 cm³/mol. The van der Waals surface area contributed by atoms with Gasteiger partial charge in [-0.25, -0.2) is 4.98 Å². The van der Waals surface area contributed by atoms with Crippen molar-refractivity contribution in [1.29, 1.82) is 0 Å². The van der Waals surface area contributed by atoms with Crippen molar-refractivity contribution in [3.05, 3.63) is 59.9 Å². The summed E-state index contributed by atoms with van der Waals surface area (Å²) in [6, 6.07) is 12.1. The van der Waals surface area contributed by atoms with Crippen molar-refractivity contribution in [1.82, 2.24) is 9.55 Å². The fourth-order valence-electron chi connectivity index (χ4n) is 2.47. The van der Waals surface area contributed by atoms with Gasteiger partial charge in [-0.05, 0) is 44.2 Å². The number of hydrogen-bond acceptors (Lipinski definition) is 2. The van der Waals surface area contributed by atoms with Gasteiger partial charge in [-0.2, -0.15) is 0 Å². The highest BCUT2D eigenvalue weighted by atomic mass is 16.5. The van der Waals surface area contributed by atoms with E-state index in [2.05, 4.69) is 47.8 Å². The van der Waals surface area contributed by atoms with Crippen LogP contribution in [0, 0.1) is 0 Å². The van der Waals surface area contributed by atoms with Gasteiger partial charge in [-0.3, -0.25) is 0 Å². The molecule has 3 nitrogen and oxygen atoms in total. The van der Waals surface area contributed by atoms with E-state index in [1.807, 2.05) is 30.5 Å². The molecule has 0 aliphatic heterocycles. The van der Waals surface area contributed by atoms with Crippen molar-refractivity contribution in [3.8, 4) is 11.6 Å². The van der Waals surface area contributed by atoms with Crippen LogP contribution in [0.2, 0.25) is 0 Å². The van der Waals surface area contributed by atoms with Gasteiger partial charge in [0.1, 0.15) is 11.6 Å². The maximum Gasteiger partial charge on any atom is 0.137 e. The van der Waals surface area contributed by atoms with E-state index < -0.39 is 0 Å². The van der Waals surface area contributed by atoms with Gasteiger partial charge in [0.2, 0.25) is 0 Å². The van der Waals surface area contributed by atoms with Gasteiger partial charge in [0.15, 0.2) is 0 Å². The van der Waals surface area contributed by atoms with Crippen molar-refractivity contribution in [2.24, 2.45) is 0 Å². The van der Waals surface area contributed by atoms with Gasteiger partial charge in [-0.1, -0.05) is 17.7 Å². The molecule has 0 spiro atoms. The fourth-order valence-corrected chi connectivity index (χ4v) is 2.47. The van der Waals surface area contributed by atoms with Crippen molar-refractivity contribution < 1.29 is 4.74 Å². The standard InChI is InChI=1S/C18H18N2O/c1-13(2)10-14-12-20(18-6-4-5-9-19-18)17-8-7-15(21-3)11-16(14)17/h4-12H,1-3H3. The number of pyridine rings is 1. The number of hydrogen-bond donors (Lipinski definition) is 0. The quantitative estimate of drug-likeness (QED) is 0.707. The number of aromatic nitrogens is 2. The monoisotopic (exact) mass is 278 g/mol. The van der Waals surface area contributed by atoms with E-state index in [0.29, 0.717) is 0 Å². The fraction of sp³-hybridized carbons (Fsp3) is 0.167. The summed E-state index contributed by atoms with van der Waals surface area (Å²) in [6.07, 6.45) is 6.12. The number of allylic oxidation sites excluding steroid dienone is 1. The van der Waals surface area contributed by atoms with Crippen molar-refractivity contribution in [3.63, 3.8) is 0 Å². The molecule has 2 aromatic heterocycles. The Bertz CT molecular complexity index is 797. The maximum atomic E-state index is 5.35. The average molecular weight is 278 g/mol. The summed E-state index contributed by atoms with van der Waals surface area (Å²) in [5, 5.41) is 1.17. The third-order valence-electron chi connectivity index (χ3n) is 3.38. The van der Waals surface area contributed by atoms with Crippen LogP contribution >= 0.6 is 0 Å². The highest BCUT2D eigenvalue weighted by Gasteiger charge is 2.10. The third kappa shape index (κ3) is 2.55. The molecule has 3 heteroatoms.